The summed E-state index contributed by atoms with van der Waals surface area (Å²) >= 11 is 1.48. The summed E-state index contributed by atoms with van der Waals surface area (Å²) in [6, 6.07) is 12.4. The lowest BCUT2D eigenvalue weighted by Gasteiger charge is -2.24. The van der Waals surface area contributed by atoms with E-state index in [1.807, 2.05) is 40.9 Å². The van der Waals surface area contributed by atoms with Gasteiger partial charge in [0, 0.05) is 24.3 Å². The summed E-state index contributed by atoms with van der Waals surface area (Å²) in [5, 5.41) is 5.63. The molecule has 1 aliphatic heterocycles. The van der Waals surface area contributed by atoms with E-state index in [2.05, 4.69) is 10.1 Å². The Morgan fingerprint density at radius 2 is 2.10 bits per heavy atom. The number of thiophene rings is 1. The molecule has 0 aliphatic carbocycles. The van der Waals surface area contributed by atoms with Crippen LogP contribution in [0.2, 0.25) is 0 Å². The molecule has 152 valence electrons. The number of pyridine rings is 1. The third-order valence-corrected chi connectivity index (χ3v) is 6.78. The van der Waals surface area contributed by atoms with Gasteiger partial charge in [-0.25, -0.2) is 4.39 Å². The lowest BCUT2D eigenvalue weighted by Crippen LogP contribution is -2.30. The molecule has 1 aliphatic rings. The Labute approximate surface area is 177 Å². The Kier molecular flexibility index (Phi) is 4.83. The van der Waals surface area contributed by atoms with Crippen LogP contribution in [-0.2, 0) is 6.54 Å². The highest BCUT2D eigenvalue weighted by Gasteiger charge is 2.32. The number of hydrogen-bond acceptors (Lipinski definition) is 4. The van der Waals surface area contributed by atoms with E-state index < -0.39 is 0 Å². The van der Waals surface area contributed by atoms with Crippen LogP contribution in [0.4, 0.5) is 4.39 Å². The van der Waals surface area contributed by atoms with Gasteiger partial charge in [-0.3, -0.25) is 14.5 Å². The number of halogens is 1. The minimum absolute atomic E-state index is 0.0651. The summed E-state index contributed by atoms with van der Waals surface area (Å²) in [6.45, 7) is 3.26. The minimum atomic E-state index is -0.252. The maximum atomic E-state index is 13.4. The van der Waals surface area contributed by atoms with Crippen LogP contribution in [-0.4, -0.2) is 32.1 Å². The molecule has 30 heavy (non-hydrogen) atoms. The second kappa shape index (κ2) is 7.65. The van der Waals surface area contributed by atoms with Crippen LogP contribution in [0.5, 0.6) is 0 Å². The highest BCUT2D eigenvalue weighted by atomic mass is 32.1. The SMILES string of the molecule is Cc1nn(Cc2ccc(F)cc2)c2sc(C(=O)N3CCC[C@H]3c3cccnc3)cc12. The Morgan fingerprint density at radius 3 is 2.87 bits per heavy atom. The number of aryl methyl sites for hydroxylation is 1. The monoisotopic (exact) mass is 420 g/mol. The molecule has 7 heteroatoms. The van der Waals surface area contributed by atoms with Gasteiger partial charge in [-0.2, -0.15) is 5.10 Å². The molecule has 3 aromatic heterocycles. The number of nitrogens with zero attached hydrogens (tertiary/aromatic N) is 4. The van der Waals surface area contributed by atoms with E-state index in [1.165, 1.54) is 23.5 Å². The van der Waals surface area contributed by atoms with E-state index in [9.17, 15) is 9.18 Å². The predicted molar refractivity (Wildman–Crippen MR) is 115 cm³/mol. The van der Waals surface area contributed by atoms with Crippen LogP contribution in [0.15, 0.2) is 54.9 Å². The molecule has 5 rings (SSSR count). The van der Waals surface area contributed by atoms with E-state index in [4.69, 9.17) is 0 Å². The zero-order chi connectivity index (χ0) is 20.7. The Hall–Kier alpha value is -3.06. The maximum absolute atomic E-state index is 13.4. The smallest absolute Gasteiger partial charge is 0.264 e. The topological polar surface area (TPSA) is 51.0 Å². The van der Waals surface area contributed by atoms with Gasteiger partial charge in [-0.1, -0.05) is 18.2 Å². The van der Waals surface area contributed by atoms with Crippen molar-refractivity contribution in [3.8, 4) is 0 Å². The number of likely N-dealkylation sites (tertiary alicyclic amines) is 1. The first-order valence-electron chi connectivity index (χ1n) is 10.0. The zero-order valence-electron chi connectivity index (χ0n) is 16.6. The predicted octanol–water partition coefficient (Wildman–Crippen LogP) is 4.97. The van der Waals surface area contributed by atoms with E-state index in [0.29, 0.717) is 6.54 Å². The number of fused-ring (bicyclic) bond motifs is 1. The number of benzene rings is 1. The molecule has 0 radical (unpaired) electrons. The quantitative estimate of drug-likeness (QED) is 0.469. The fraction of sp³-hybridized carbons (Fsp3) is 0.261. The largest absolute Gasteiger partial charge is 0.331 e. The molecule has 0 bridgehead atoms. The van der Waals surface area contributed by atoms with Crippen molar-refractivity contribution < 1.29 is 9.18 Å². The van der Waals surface area contributed by atoms with Gasteiger partial charge in [0.05, 0.1) is 23.2 Å². The molecule has 1 amide bonds. The molecule has 5 nitrogen and oxygen atoms in total. The van der Waals surface area contributed by atoms with Crippen molar-refractivity contribution in [1.82, 2.24) is 19.7 Å². The van der Waals surface area contributed by atoms with E-state index in [-0.39, 0.29) is 17.8 Å². The van der Waals surface area contributed by atoms with Gasteiger partial charge in [0.2, 0.25) is 0 Å². The molecule has 0 spiro atoms. The molecular formula is C23H21FN4OS. The van der Waals surface area contributed by atoms with Crippen LogP contribution < -0.4 is 0 Å². The van der Waals surface area contributed by atoms with Gasteiger partial charge < -0.3 is 4.90 Å². The van der Waals surface area contributed by atoms with Crippen molar-refractivity contribution in [2.75, 3.05) is 6.54 Å². The van der Waals surface area contributed by atoms with Crippen LogP contribution in [0.25, 0.3) is 10.2 Å². The summed E-state index contributed by atoms with van der Waals surface area (Å²) < 4.78 is 15.1. The first-order valence-corrected chi connectivity index (χ1v) is 10.8. The summed E-state index contributed by atoms with van der Waals surface area (Å²) in [5.74, 6) is -0.186. The lowest BCUT2D eigenvalue weighted by molar-refractivity contribution is 0.0740. The Morgan fingerprint density at radius 1 is 1.27 bits per heavy atom. The number of rotatable bonds is 4. The highest BCUT2D eigenvalue weighted by Crippen LogP contribution is 2.36. The molecule has 0 unspecified atom stereocenters. The van der Waals surface area contributed by atoms with E-state index in [1.54, 1.807) is 18.3 Å². The van der Waals surface area contributed by atoms with Crippen LogP contribution >= 0.6 is 11.3 Å². The van der Waals surface area contributed by atoms with Crippen LogP contribution in [0.3, 0.4) is 0 Å². The molecular weight excluding hydrogens is 399 g/mol. The van der Waals surface area contributed by atoms with Crippen molar-refractivity contribution in [3.63, 3.8) is 0 Å². The number of carbonyl (C=O) groups excluding carboxylic acids is 1. The van der Waals surface area contributed by atoms with Gasteiger partial charge >= 0.3 is 0 Å². The first kappa shape index (κ1) is 18.9. The van der Waals surface area contributed by atoms with Crippen LogP contribution in [0.1, 0.15) is 45.4 Å². The molecule has 1 aromatic carbocycles. The summed E-state index contributed by atoms with van der Waals surface area (Å²) in [6.07, 6.45) is 5.56. The molecule has 1 saturated heterocycles. The van der Waals surface area contributed by atoms with Crippen LogP contribution in [0, 0.1) is 12.7 Å². The van der Waals surface area contributed by atoms with Gasteiger partial charge in [-0.05, 0) is 55.2 Å². The van der Waals surface area contributed by atoms with Crippen molar-refractivity contribution in [3.05, 3.63) is 82.4 Å². The first-order chi connectivity index (χ1) is 14.6. The van der Waals surface area contributed by atoms with Crippen molar-refractivity contribution in [2.24, 2.45) is 0 Å². The standard InChI is InChI=1S/C23H21FN4OS/c1-15-19-12-21(22(29)27-11-3-5-20(27)17-4-2-10-25-13-17)30-23(19)28(26-15)14-16-6-8-18(24)9-7-16/h2,4,6-10,12-13,20H,3,5,11,14H2,1H3/t20-/m0/s1. The molecule has 1 fully saturated rings. The van der Waals surface area contributed by atoms with E-state index in [0.717, 1.165) is 51.3 Å². The van der Waals surface area contributed by atoms with Gasteiger partial charge in [0.25, 0.3) is 5.91 Å². The van der Waals surface area contributed by atoms with Gasteiger partial charge in [0.1, 0.15) is 10.6 Å². The van der Waals surface area contributed by atoms with Crippen molar-refractivity contribution in [2.45, 2.75) is 32.4 Å². The number of hydrogen-bond donors (Lipinski definition) is 0. The summed E-state index contributed by atoms with van der Waals surface area (Å²) in [7, 11) is 0. The lowest BCUT2D eigenvalue weighted by atomic mass is 10.1. The van der Waals surface area contributed by atoms with Crippen molar-refractivity contribution >= 4 is 27.5 Å². The third kappa shape index (κ3) is 3.39. The second-order valence-electron chi connectivity index (χ2n) is 7.64. The molecule has 4 aromatic rings. The van der Waals surface area contributed by atoms with Gasteiger partial charge in [-0.15, -0.1) is 11.3 Å². The summed E-state index contributed by atoms with van der Waals surface area (Å²) in [4.78, 5) is 21.2. The minimum Gasteiger partial charge on any atom is -0.331 e. The molecule has 4 heterocycles. The number of carbonyl (C=O) groups is 1. The molecule has 0 N–H and O–H groups in total. The number of amides is 1. The molecule has 1 atom stereocenters. The highest BCUT2D eigenvalue weighted by molar-refractivity contribution is 7.20. The van der Waals surface area contributed by atoms with Gasteiger partial charge in [0.15, 0.2) is 0 Å². The van der Waals surface area contributed by atoms with Crippen molar-refractivity contribution in [1.29, 1.82) is 0 Å². The fourth-order valence-corrected chi connectivity index (χ4v) is 5.28. The Balaban J connectivity index is 1.45. The van der Waals surface area contributed by atoms with E-state index >= 15 is 0 Å². The zero-order valence-corrected chi connectivity index (χ0v) is 17.4. The second-order valence-corrected chi connectivity index (χ2v) is 8.67. The summed E-state index contributed by atoms with van der Waals surface area (Å²) in [5.41, 5.74) is 2.95. The normalized spacial score (nSPS) is 16.5. The Bertz CT molecular complexity index is 1200. The number of aromatic nitrogens is 3. The molecule has 0 saturated carbocycles. The fourth-order valence-electron chi connectivity index (χ4n) is 4.16. The average Bonchev–Trinajstić information content (AvgIpc) is 3.48. The third-order valence-electron chi connectivity index (χ3n) is 5.65. The maximum Gasteiger partial charge on any atom is 0.264 e. The average molecular weight is 421 g/mol.